The highest BCUT2D eigenvalue weighted by Crippen LogP contribution is 2.27. The van der Waals surface area contributed by atoms with Gasteiger partial charge in [-0.2, -0.15) is 0 Å². The molecule has 0 amide bonds. The Morgan fingerprint density at radius 1 is 1.08 bits per heavy atom. The Balaban J connectivity index is 0.00000338. The fourth-order valence-corrected chi connectivity index (χ4v) is 4.27. The van der Waals surface area contributed by atoms with Gasteiger partial charge in [0.2, 0.25) is 0 Å². The van der Waals surface area contributed by atoms with Crippen molar-refractivity contribution in [3.8, 4) is 0 Å². The van der Waals surface area contributed by atoms with Crippen LogP contribution in [0, 0.1) is 11.8 Å². The summed E-state index contributed by atoms with van der Waals surface area (Å²) in [6, 6.07) is 0.607. The number of hydrogen-bond acceptors (Lipinski definition) is 3. The maximum atomic E-state index is 5.18. The number of rotatable bonds is 8. The van der Waals surface area contributed by atoms with E-state index in [9.17, 15) is 0 Å². The van der Waals surface area contributed by atoms with Gasteiger partial charge in [0.05, 0.1) is 6.61 Å². The highest BCUT2D eigenvalue weighted by atomic mass is 127. The maximum Gasteiger partial charge on any atom is 0.191 e. The van der Waals surface area contributed by atoms with Crippen molar-refractivity contribution in [3.05, 3.63) is 0 Å². The van der Waals surface area contributed by atoms with Crippen LogP contribution in [0.2, 0.25) is 0 Å². The van der Waals surface area contributed by atoms with Crippen molar-refractivity contribution in [2.45, 2.75) is 64.3 Å². The summed E-state index contributed by atoms with van der Waals surface area (Å²) in [5.74, 6) is 2.72. The van der Waals surface area contributed by atoms with Crippen molar-refractivity contribution in [1.82, 2.24) is 15.5 Å². The molecule has 2 aliphatic rings. The largest absolute Gasteiger partial charge is 0.383 e. The lowest BCUT2D eigenvalue weighted by atomic mass is 9.83. The van der Waals surface area contributed by atoms with E-state index < -0.39 is 0 Å². The number of aliphatic imine (C=N–C) groups is 1. The molecule has 5 nitrogen and oxygen atoms in total. The third kappa shape index (κ3) is 8.74. The molecule has 6 heteroatoms. The lowest BCUT2D eigenvalue weighted by molar-refractivity contribution is 0.120. The van der Waals surface area contributed by atoms with Gasteiger partial charge in [0.1, 0.15) is 0 Å². The van der Waals surface area contributed by atoms with Gasteiger partial charge in [-0.15, -0.1) is 24.0 Å². The zero-order valence-electron chi connectivity index (χ0n) is 17.1. The van der Waals surface area contributed by atoms with Crippen LogP contribution in [0.25, 0.3) is 0 Å². The molecule has 1 heterocycles. The molecular weight excluding hydrogens is 439 g/mol. The second-order valence-electron chi connectivity index (χ2n) is 7.88. The molecule has 1 saturated heterocycles. The lowest BCUT2D eigenvalue weighted by Crippen LogP contribution is -2.47. The number of hydrogen-bond donors (Lipinski definition) is 2. The quantitative estimate of drug-likeness (QED) is 0.317. The third-order valence-corrected chi connectivity index (χ3v) is 5.99. The first-order valence-electron chi connectivity index (χ1n) is 10.4. The van der Waals surface area contributed by atoms with Crippen molar-refractivity contribution in [2.24, 2.45) is 16.8 Å². The number of nitrogens with one attached hydrogen (secondary N) is 2. The van der Waals surface area contributed by atoms with Gasteiger partial charge < -0.3 is 20.3 Å². The second kappa shape index (κ2) is 14.0. The Kier molecular flexibility index (Phi) is 12.9. The lowest BCUT2D eigenvalue weighted by Gasteiger charge is -2.33. The van der Waals surface area contributed by atoms with Crippen LogP contribution in [0.5, 0.6) is 0 Å². The number of guanidine groups is 1. The van der Waals surface area contributed by atoms with Gasteiger partial charge in [-0.3, -0.25) is 4.99 Å². The van der Waals surface area contributed by atoms with Gasteiger partial charge in [0, 0.05) is 33.3 Å². The van der Waals surface area contributed by atoms with Crippen molar-refractivity contribution >= 4 is 29.9 Å². The zero-order valence-corrected chi connectivity index (χ0v) is 19.5. The summed E-state index contributed by atoms with van der Waals surface area (Å²) in [5.41, 5.74) is 0. The predicted octanol–water partition coefficient (Wildman–Crippen LogP) is 3.49. The minimum absolute atomic E-state index is 0. The minimum atomic E-state index is 0. The smallest absolute Gasteiger partial charge is 0.191 e. The summed E-state index contributed by atoms with van der Waals surface area (Å²) in [6.07, 6.45) is 10.6. The average Bonchev–Trinajstić information content (AvgIpc) is 2.66. The van der Waals surface area contributed by atoms with E-state index in [2.05, 4.69) is 27.4 Å². The van der Waals surface area contributed by atoms with Crippen LogP contribution in [0.4, 0.5) is 0 Å². The van der Waals surface area contributed by atoms with Gasteiger partial charge in [0.25, 0.3) is 0 Å². The van der Waals surface area contributed by atoms with Crippen molar-refractivity contribution in [1.29, 1.82) is 0 Å². The summed E-state index contributed by atoms with van der Waals surface area (Å²) in [4.78, 5) is 6.96. The molecule has 2 N–H and O–H groups in total. The summed E-state index contributed by atoms with van der Waals surface area (Å²) in [5, 5.41) is 7.23. The monoisotopic (exact) mass is 480 g/mol. The molecule has 1 saturated carbocycles. The summed E-state index contributed by atoms with van der Waals surface area (Å²) < 4.78 is 5.18. The van der Waals surface area contributed by atoms with Crippen molar-refractivity contribution < 1.29 is 4.74 Å². The number of methoxy groups -OCH3 is 1. The SMILES string of the molecule is CCCC1CCC(NC(=NC)NCC2CCN(CCOC)CC2)CC1.I. The van der Waals surface area contributed by atoms with E-state index in [4.69, 9.17) is 4.74 Å². The molecule has 0 aromatic heterocycles. The molecule has 0 spiro atoms. The normalized spacial score (nSPS) is 25.6. The molecule has 2 rings (SSSR count). The molecule has 2 fully saturated rings. The Hall–Kier alpha value is -0.0800. The molecule has 1 aliphatic carbocycles. The van der Waals surface area contributed by atoms with E-state index in [1.165, 1.54) is 64.5 Å². The first kappa shape index (κ1) is 24.0. The van der Waals surface area contributed by atoms with Crippen LogP contribution in [-0.2, 0) is 4.74 Å². The van der Waals surface area contributed by atoms with Crippen LogP contribution in [0.1, 0.15) is 58.3 Å². The zero-order chi connectivity index (χ0) is 17.9. The molecular formula is C20H41IN4O. The predicted molar refractivity (Wildman–Crippen MR) is 122 cm³/mol. The maximum absolute atomic E-state index is 5.18. The van der Waals surface area contributed by atoms with E-state index in [-0.39, 0.29) is 24.0 Å². The number of nitrogens with zero attached hydrogens (tertiary/aromatic N) is 2. The molecule has 154 valence electrons. The number of ether oxygens (including phenoxy) is 1. The van der Waals surface area contributed by atoms with Crippen molar-refractivity contribution in [3.63, 3.8) is 0 Å². The molecule has 0 atom stereocenters. The fraction of sp³-hybridized carbons (Fsp3) is 0.950. The standard InChI is InChI=1S/C20H40N4O.HI/c1-4-5-17-6-8-19(9-7-17)23-20(21-2)22-16-18-10-12-24(13-11-18)14-15-25-3;/h17-19H,4-16H2,1-3H3,(H2,21,22,23);1H. The van der Waals surface area contributed by atoms with Gasteiger partial charge in [-0.25, -0.2) is 0 Å². The third-order valence-electron chi connectivity index (χ3n) is 5.99. The van der Waals surface area contributed by atoms with E-state index in [0.717, 1.165) is 37.5 Å². The van der Waals surface area contributed by atoms with Gasteiger partial charge >= 0.3 is 0 Å². The van der Waals surface area contributed by atoms with Gasteiger partial charge in [-0.05, 0) is 63.5 Å². The molecule has 1 aliphatic heterocycles. The van der Waals surface area contributed by atoms with Crippen LogP contribution >= 0.6 is 24.0 Å². The van der Waals surface area contributed by atoms with E-state index in [1.54, 1.807) is 7.11 Å². The summed E-state index contributed by atoms with van der Waals surface area (Å²) >= 11 is 0. The highest BCUT2D eigenvalue weighted by Gasteiger charge is 2.22. The first-order chi connectivity index (χ1) is 12.2. The Morgan fingerprint density at radius 3 is 2.35 bits per heavy atom. The van der Waals surface area contributed by atoms with Crippen LogP contribution in [-0.4, -0.2) is 63.8 Å². The van der Waals surface area contributed by atoms with E-state index in [1.807, 2.05) is 7.05 Å². The molecule has 0 bridgehead atoms. The average molecular weight is 480 g/mol. The topological polar surface area (TPSA) is 48.9 Å². The van der Waals surface area contributed by atoms with E-state index >= 15 is 0 Å². The number of halogens is 1. The first-order valence-corrected chi connectivity index (χ1v) is 10.4. The highest BCUT2D eigenvalue weighted by molar-refractivity contribution is 14.0. The van der Waals surface area contributed by atoms with Gasteiger partial charge in [-0.1, -0.05) is 19.8 Å². The Morgan fingerprint density at radius 2 is 1.77 bits per heavy atom. The number of piperidine rings is 1. The van der Waals surface area contributed by atoms with Crippen molar-refractivity contribution in [2.75, 3.05) is 46.9 Å². The van der Waals surface area contributed by atoms with Crippen LogP contribution in [0.15, 0.2) is 4.99 Å². The minimum Gasteiger partial charge on any atom is -0.383 e. The Labute approximate surface area is 178 Å². The Bertz CT molecular complexity index is 378. The molecule has 26 heavy (non-hydrogen) atoms. The van der Waals surface area contributed by atoms with E-state index in [0.29, 0.717) is 6.04 Å². The molecule has 0 radical (unpaired) electrons. The molecule has 0 aromatic rings. The van der Waals surface area contributed by atoms with Crippen LogP contribution < -0.4 is 10.6 Å². The number of likely N-dealkylation sites (tertiary alicyclic amines) is 1. The fourth-order valence-electron chi connectivity index (χ4n) is 4.27. The molecule has 0 aromatic carbocycles. The molecule has 0 unspecified atom stereocenters. The second-order valence-corrected chi connectivity index (χ2v) is 7.88. The summed E-state index contributed by atoms with van der Waals surface area (Å²) in [6.45, 7) is 7.66. The van der Waals surface area contributed by atoms with Gasteiger partial charge in [0.15, 0.2) is 5.96 Å². The summed E-state index contributed by atoms with van der Waals surface area (Å²) in [7, 11) is 3.68. The van der Waals surface area contributed by atoms with Crippen LogP contribution in [0.3, 0.4) is 0 Å².